The van der Waals surface area contributed by atoms with Crippen LogP contribution in [0.3, 0.4) is 0 Å². The Morgan fingerprint density at radius 2 is 1.92 bits per heavy atom. The maximum atomic E-state index is 9.65. The second kappa shape index (κ2) is 5.66. The smallest absolute Gasteiger partial charge is 0.237 e. The van der Waals surface area contributed by atoms with E-state index in [9.17, 15) is 5.11 Å². The number of hydrogen-bond donors (Lipinski definition) is 2. The van der Waals surface area contributed by atoms with Gasteiger partial charge in [-0.25, -0.2) is 9.97 Å². The van der Waals surface area contributed by atoms with Crippen LogP contribution in [0.25, 0.3) is 17.0 Å². The van der Waals surface area contributed by atoms with Crippen molar-refractivity contribution >= 4 is 22.5 Å². The molecule has 118 valence electrons. The van der Waals surface area contributed by atoms with Gasteiger partial charge < -0.3 is 10.4 Å². The van der Waals surface area contributed by atoms with Gasteiger partial charge in [-0.15, -0.1) is 0 Å². The molecule has 0 spiro atoms. The van der Waals surface area contributed by atoms with E-state index < -0.39 is 0 Å². The zero-order valence-corrected chi connectivity index (χ0v) is 13.0. The monoisotopic (exact) mass is 317 g/mol. The second-order valence-electron chi connectivity index (χ2n) is 5.47. The number of aryl methyl sites for hydroxylation is 1. The number of imidazole rings is 1. The maximum absolute atomic E-state index is 9.65. The summed E-state index contributed by atoms with van der Waals surface area (Å²) in [4.78, 5) is 13.3. The number of phenolic OH excluding ortho intramolecular Hbond substituents is 1. The van der Waals surface area contributed by atoms with E-state index in [1.165, 1.54) is 0 Å². The third kappa shape index (κ3) is 2.54. The molecule has 4 rings (SSSR count). The topological polar surface area (TPSA) is 75.9 Å². The van der Waals surface area contributed by atoms with Crippen molar-refractivity contribution < 1.29 is 5.11 Å². The van der Waals surface area contributed by atoms with Gasteiger partial charge in [0.15, 0.2) is 0 Å². The van der Waals surface area contributed by atoms with Crippen LogP contribution in [-0.2, 0) is 0 Å². The number of hydrogen-bond acceptors (Lipinski definition) is 5. The van der Waals surface area contributed by atoms with Gasteiger partial charge in [-0.05, 0) is 36.8 Å². The number of anilines is 2. The molecule has 0 radical (unpaired) electrons. The maximum Gasteiger partial charge on any atom is 0.237 e. The van der Waals surface area contributed by atoms with Crippen molar-refractivity contribution in [1.82, 2.24) is 19.5 Å². The fourth-order valence-electron chi connectivity index (χ4n) is 2.54. The number of nitrogens with one attached hydrogen (secondary N) is 1. The largest absolute Gasteiger partial charge is 0.508 e. The number of phenols is 1. The lowest BCUT2D eigenvalue weighted by molar-refractivity contribution is 0.475. The number of para-hydroxylation sites is 2. The fraction of sp³-hybridized carbons (Fsp3) is 0.0556. The summed E-state index contributed by atoms with van der Waals surface area (Å²) in [6.45, 7) is 1.97. The van der Waals surface area contributed by atoms with E-state index in [1.54, 1.807) is 30.7 Å². The molecule has 0 amide bonds. The molecule has 2 N–H and O–H groups in total. The first-order chi connectivity index (χ1) is 11.7. The Balaban J connectivity index is 1.73. The Kier molecular flexibility index (Phi) is 3.35. The highest BCUT2D eigenvalue weighted by molar-refractivity contribution is 5.76. The van der Waals surface area contributed by atoms with Crippen molar-refractivity contribution in [2.75, 3.05) is 5.32 Å². The van der Waals surface area contributed by atoms with E-state index in [0.29, 0.717) is 11.8 Å². The van der Waals surface area contributed by atoms with Crippen LogP contribution in [0.5, 0.6) is 5.75 Å². The summed E-state index contributed by atoms with van der Waals surface area (Å²) in [5.41, 5.74) is 3.66. The van der Waals surface area contributed by atoms with Gasteiger partial charge in [-0.1, -0.05) is 18.2 Å². The molecule has 24 heavy (non-hydrogen) atoms. The number of benzene rings is 2. The van der Waals surface area contributed by atoms with Crippen LogP contribution in [0.4, 0.5) is 11.5 Å². The van der Waals surface area contributed by atoms with Gasteiger partial charge in [0.25, 0.3) is 0 Å². The van der Waals surface area contributed by atoms with Crippen LogP contribution in [0.2, 0.25) is 0 Å². The number of nitrogens with zero attached hydrogens (tertiary/aromatic N) is 4. The summed E-state index contributed by atoms with van der Waals surface area (Å²) in [5.74, 6) is 1.39. The highest BCUT2D eigenvalue weighted by Crippen LogP contribution is 2.24. The Morgan fingerprint density at radius 1 is 1.04 bits per heavy atom. The van der Waals surface area contributed by atoms with Gasteiger partial charge in [-0.2, -0.15) is 4.98 Å². The molecule has 0 saturated heterocycles. The van der Waals surface area contributed by atoms with E-state index >= 15 is 0 Å². The molecule has 0 unspecified atom stereocenters. The van der Waals surface area contributed by atoms with Crippen LogP contribution in [0, 0.1) is 6.92 Å². The first-order valence-corrected chi connectivity index (χ1v) is 7.53. The summed E-state index contributed by atoms with van der Waals surface area (Å²) in [7, 11) is 0. The van der Waals surface area contributed by atoms with E-state index in [4.69, 9.17) is 0 Å². The molecule has 0 aliphatic carbocycles. The van der Waals surface area contributed by atoms with Crippen molar-refractivity contribution in [2.24, 2.45) is 0 Å². The van der Waals surface area contributed by atoms with E-state index in [0.717, 1.165) is 22.3 Å². The van der Waals surface area contributed by atoms with E-state index in [1.807, 2.05) is 41.8 Å². The number of fused-ring (bicyclic) bond motifs is 1. The second-order valence-corrected chi connectivity index (χ2v) is 5.47. The van der Waals surface area contributed by atoms with Crippen molar-refractivity contribution in [1.29, 1.82) is 0 Å². The summed E-state index contributed by atoms with van der Waals surface area (Å²) in [6, 6.07) is 14.8. The Labute approximate surface area is 138 Å². The third-order valence-corrected chi connectivity index (χ3v) is 3.80. The Bertz CT molecular complexity index is 1020. The zero-order valence-electron chi connectivity index (χ0n) is 13.0. The van der Waals surface area contributed by atoms with Crippen molar-refractivity contribution in [3.8, 4) is 11.7 Å². The summed E-state index contributed by atoms with van der Waals surface area (Å²) >= 11 is 0. The van der Waals surface area contributed by atoms with E-state index in [2.05, 4.69) is 20.3 Å². The molecular weight excluding hydrogens is 302 g/mol. The third-order valence-electron chi connectivity index (χ3n) is 3.80. The van der Waals surface area contributed by atoms with Gasteiger partial charge >= 0.3 is 0 Å². The molecule has 2 aromatic heterocycles. The quantitative estimate of drug-likeness (QED) is 0.604. The number of aromatic hydroxyl groups is 1. The minimum absolute atomic E-state index is 0.206. The van der Waals surface area contributed by atoms with Crippen molar-refractivity contribution in [3.63, 3.8) is 0 Å². The predicted octanol–water partition coefficient (Wildman–Crippen LogP) is 3.57. The minimum atomic E-state index is 0.206. The lowest BCUT2D eigenvalue weighted by Crippen LogP contribution is -2.03. The van der Waals surface area contributed by atoms with Crippen LogP contribution in [-0.4, -0.2) is 24.6 Å². The molecule has 2 aromatic carbocycles. The van der Waals surface area contributed by atoms with Gasteiger partial charge in [0.1, 0.15) is 17.9 Å². The fourth-order valence-corrected chi connectivity index (χ4v) is 2.54. The molecule has 6 heteroatoms. The molecule has 0 atom stereocenters. The lowest BCUT2D eigenvalue weighted by Gasteiger charge is -2.10. The summed E-state index contributed by atoms with van der Waals surface area (Å²) in [6.07, 6.45) is 3.40. The first-order valence-electron chi connectivity index (χ1n) is 7.53. The average molecular weight is 317 g/mol. The molecule has 2 heterocycles. The van der Waals surface area contributed by atoms with Crippen molar-refractivity contribution in [3.05, 3.63) is 66.6 Å². The summed E-state index contributed by atoms with van der Waals surface area (Å²) in [5, 5.41) is 12.9. The molecule has 6 nitrogen and oxygen atoms in total. The highest BCUT2D eigenvalue weighted by atomic mass is 16.3. The molecular formula is C18H15N5O. The molecule has 0 saturated carbocycles. The highest BCUT2D eigenvalue weighted by Gasteiger charge is 2.08. The van der Waals surface area contributed by atoms with Crippen LogP contribution in [0.1, 0.15) is 5.56 Å². The number of aromatic nitrogens is 4. The van der Waals surface area contributed by atoms with Crippen LogP contribution >= 0.6 is 0 Å². The molecule has 0 bridgehead atoms. The van der Waals surface area contributed by atoms with E-state index in [-0.39, 0.29) is 5.75 Å². The first kappa shape index (κ1) is 14.2. The standard InChI is InChI=1S/C18H15N5O/c1-12-6-7-13(24)10-15(12)21-17-8-9-19-18(22-17)23-11-20-14-4-2-3-5-16(14)23/h2-11,24H,1H3,(H,19,21,22). The van der Waals surface area contributed by atoms with Crippen molar-refractivity contribution in [2.45, 2.75) is 6.92 Å². The SMILES string of the molecule is Cc1ccc(O)cc1Nc1ccnc(-n2cnc3ccccc32)n1. The predicted molar refractivity (Wildman–Crippen MR) is 92.8 cm³/mol. The van der Waals surface area contributed by atoms with Crippen LogP contribution in [0.15, 0.2) is 61.1 Å². The van der Waals surface area contributed by atoms with Gasteiger partial charge in [0.05, 0.1) is 11.0 Å². The molecule has 0 aliphatic heterocycles. The zero-order chi connectivity index (χ0) is 16.5. The Hall–Kier alpha value is -3.41. The van der Waals surface area contributed by atoms with Crippen LogP contribution < -0.4 is 5.32 Å². The van der Waals surface area contributed by atoms with Gasteiger partial charge in [0.2, 0.25) is 5.95 Å². The van der Waals surface area contributed by atoms with Gasteiger partial charge in [-0.3, -0.25) is 4.57 Å². The minimum Gasteiger partial charge on any atom is -0.508 e. The number of rotatable bonds is 3. The molecule has 0 fully saturated rings. The average Bonchev–Trinajstić information content (AvgIpc) is 3.03. The lowest BCUT2D eigenvalue weighted by atomic mass is 10.2. The normalized spacial score (nSPS) is 10.9. The summed E-state index contributed by atoms with van der Waals surface area (Å²) < 4.78 is 1.84. The molecule has 4 aromatic rings. The van der Waals surface area contributed by atoms with Gasteiger partial charge in [0, 0.05) is 18.0 Å². The Morgan fingerprint density at radius 3 is 2.83 bits per heavy atom. The molecule has 0 aliphatic rings.